The van der Waals surface area contributed by atoms with Gasteiger partial charge in [0.05, 0.1) is 26.7 Å². The van der Waals surface area contributed by atoms with Crippen molar-refractivity contribution in [1.29, 1.82) is 0 Å². The van der Waals surface area contributed by atoms with Crippen molar-refractivity contribution in [2.75, 3.05) is 26.7 Å². The van der Waals surface area contributed by atoms with Gasteiger partial charge in [-0.15, -0.1) is 0 Å². The van der Waals surface area contributed by atoms with Crippen LogP contribution in [0.4, 0.5) is 0 Å². The Morgan fingerprint density at radius 2 is 1.70 bits per heavy atom. The summed E-state index contributed by atoms with van der Waals surface area (Å²) in [5.74, 6) is 1.11. The van der Waals surface area contributed by atoms with E-state index in [9.17, 15) is 0 Å². The zero-order chi connectivity index (χ0) is 7.03. The highest BCUT2D eigenvalue weighted by Crippen LogP contribution is 2.30. The van der Waals surface area contributed by atoms with E-state index in [4.69, 9.17) is 0 Å². The molecule has 0 aromatic heterocycles. The molecule has 0 amide bonds. The molecule has 0 radical (unpaired) electrons. The number of quaternary nitrogens is 1. The summed E-state index contributed by atoms with van der Waals surface area (Å²) in [5, 5.41) is 0. The lowest BCUT2D eigenvalue weighted by atomic mass is 9.95. The Balaban J connectivity index is 2.11. The monoisotopic (exact) mass is 140 g/mol. The van der Waals surface area contributed by atoms with E-state index in [-0.39, 0.29) is 0 Å². The van der Waals surface area contributed by atoms with Crippen LogP contribution in [0.25, 0.3) is 0 Å². The molecule has 1 nitrogen and oxygen atoms in total. The van der Waals surface area contributed by atoms with Crippen LogP contribution >= 0.6 is 0 Å². The summed E-state index contributed by atoms with van der Waals surface area (Å²) in [6.45, 7) is 4.38. The smallest absolute Gasteiger partial charge is 0.0787 e. The molecule has 3 saturated heterocycles. The van der Waals surface area contributed by atoms with Crippen LogP contribution in [0.5, 0.6) is 0 Å². The van der Waals surface area contributed by atoms with Crippen molar-refractivity contribution in [2.45, 2.75) is 25.7 Å². The Hall–Kier alpha value is -0.0400. The van der Waals surface area contributed by atoms with Crippen LogP contribution in [0.1, 0.15) is 25.7 Å². The normalized spacial score (nSPS) is 47.1. The van der Waals surface area contributed by atoms with Crippen molar-refractivity contribution in [2.24, 2.45) is 5.92 Å². The first-order valence-electron chi connectivity index (χ1n) is 4.62. The van der Waals surface area contributed by atoms with Gasteiger partial charge < -0.3 is 4.48 Å². The highest BCUT2D eigenvalue weighted by atomic mass is 15.3. The summed E-state index contributed by atoms with van der Waals surface area (Å²) < 4.78 is 1.39. The maximum atomic E-state index is 2.43. The van der Waals surface area contributed by atoms with Crippen molar-refractivity contribution in [3.63, 3.8) is 0 Å². The second-order valence-electron chi connectivity index (χ2n) is 4.38. The molecule has 3 rings (SSSR count). The second-order valence-corrected chi connectivity index (χ2v) is 4.38. The van der Waals surface area contributed by atoms with E-state index in [2.05, 4.69) is 7.05 Å². The molecule has 0 N–H and O–H groups in total. The van der Waals surface area contributed by atoms with E-state index in [1.807, 2.05) is 0 Å². The zero-order valence-electron chi connectivity index (χ0n) is 6.97. The number of fused-ring (bicyclic) bond motifs is 4. The van der Waals surface area contributed by atoms with Crippen LogP contribution < -0.4 is 0 Å². The van der Waals surface area contributed by atoms with Crippen LogP contribution in [-0.2, 0) is 0 Å². The summed E-state index contributed by atoms with van der Waals surface area (Å²) in [6, 6.07) is 0. The minimum Gasteiger partial charge on any atom is -0.326 e. The summed E-state index contributed by atoms with van der Waals surface area (Å²) >= 11 is 0. The van der Waals surface area contributed by atoms with Gasteiger partial charge in [0, 0.05) is 0 Å². The number of piperidine rings is 1. The fraction of sp³-hybridized carbons (Fsp3) is 1.00. The van der Waals surface area contributed by atoms with Gasteiger partial charge in [-0.3, -0.25) is 0 Å². The standard InChI is InChI=1S/C9H18N/c1-10-6-2-3-9(4-7-10)5-8-10/h9H,2-8H2,1H3/q+1. The lowest BCUT2D eigenvalue weighted by molar-refractivity contribution is -0.912. The summed E-state index contributed by atoms with van der Waals surface area (Å²) in [5.41, 5.74) is 0. The third-order valence-corrected chi connectivity index (χ3v) is 3.46. The Morgan fingerprint density at radius 3 is 2.40 bits per heavy atom. The van der Waals surface area contributed by atoms with E-state index in [0.29, 0.717) is 0 Å². The molecule has 0 spiro atoms. The molecule has 3 fully saturated rings. The van der Waals surface area contributed by atoms with Crippen molar-refractivity contribution >= 4 is 0 Å². The molecular formula is C9H18N+. The van der Waals surface area contributed by atoms with Gasteiger partial charge >= 0.3 is 0 Å². The third-order valence-electron chi connectivity index (χ3n) is 3.46. The molecule has 3 aliphatic rings. The average molecular weight is 140 g/mol. The highest BCUT2D eigenvalue weighted by molar-refractivity contribution is 4.68. The van der Waals surface area contributed by atoms with Crippen LogP contribution in [0, 0.1) is 5.92 Å². The number of hydrogen-bond donors (Lipinski definition) is 0. The highest BCUT2D eigenvalue weighted by Gasteiger charge is 2.32. The Labute approximate surface area is 63.6 Å². The molecule has 0 atom stereocenters. The minimum atomic E-state index is 1.11. The summed E-state index contributed by atoms with van der Waals surface area (Å²) in [7, 11) is 2.43. The molecule has 10 heavy (non-hydrogen) atoms. The molecule has 0 aromatic carbocycles. The third kappa shape index (κ3) is 1.07. The molecule has 2 bridgehead atoms. The SMILES string of the molecule is C[N+]12CCCC(CC1)CC2. The summed E-state index contributed by atoms with van der Waals surface area (Å²) in [6.07, 6.45) is 6.03. The number of nitrogens with zero attached hydrogens (tertiary/aromatic N) is 1. The first-order chi connectivity index (χ1) is 4.79. The van der Waals surface area contributed by atoms with Crippen molar-refractivity contribution < 1.29 is 4.48 Å². The Bertz CT molecular complexity index is 117. The topological polar surface area (TPSA) is 0 Å². The van der Waals surface area contributed by atoms with E-state index in [1.165, 1.54) is 49.8 Å². The van der Waals surface area contributed by atoms with E-state index in [0.717, 1.165) is 5.92 Å². The fourth-order valence-electron chi connectivity index (χ4n) is 2.52. The molecule has 0 aromatic rings. The van der Waals surface area contributed by atoms with Crippen LogP contribution in [0.15, 0.2) is 0 Å². The largest absolute Gasteiger partial charge is 0.326 e. The summed E-state index contributed by atoms with van der Waals surface area (Å²) in [4.78, 5) is 0. The molecule has 58 valence electrons. The molecule has 3 aliphatic heterocycles. The molecule has 0 aliphatic carbocycles. The molecular weight excluding hydrogens is 122 g/mol. The fourth-order valence-corrected chi connectivity index (χ4v) is 2.52. The van der Waals surface area contributed by atoms with Crippen LogP contribution in [-0.4, -0.2) is 31.2 Å². The first-order valence-corrected chi connectivity index (χ1v) is 4.62. The molecule has 0 unspecified atom stereocenters. The quantitative estimate of drug-likeness (QED) is 0.449. The van der Waals surface area contributed by atoms with Crippen LogP contribution in [0.3, 0.4) is 0 Å². The van der Waals surface area contributed by atoms with Gasteiger partial charge in [0.15, 0.2) is 0 Å². The predicted octanol–water partition coefficient (Wildman–Crippen LogP) is 1.64. The van der Waals surface area contributed by atoms with Gasteiger partial charge in [-0.1, -0.05) is 0 Å². The minimum absolute atomic E-state index is 1.11. The van der Waals surface area contributed by atoms with E-state index >= 15 is 0 Å². The lowest BCUT2D eigenvalue weighted by Gasteiger charge is -2.36. The number of rotatable bonds is 0. The van der Waals surface area contributed by atoms with Gasteiger partial charge in [0.25, 0.3) is 0 Å². The molecule has 0 saturated carbocycles. The van der Waals surface area contributed by atoms with Gasteiger partial charge in [0.1, 0.15) is 0 Å². The Morgan fingerprint density at radius 1 is 1.00 bits per heavy atom. The molecule has 3 heterocycles. The van der Waals surface area contributed by atoms with Gasteiger partial charge in [0.2, 0.25) is 0 Å². The predicted molar refractivity (Wildman–Crippen MR) is 42.7 cm³/mol. The maximum absolute atomic E-state index is 2.43. The van der Waals surface area contributed by atoms with Gasteiger partial charge in [-0.05, 0) is 31.6 Å². The second kappa shape index (κ2) is 2.23. The van der Waals surface area contributed by atoms with Crippen LogP contribution in [0.2, 0.25) is 0 Å². The van der Waals surface area contributed by atoms with Crippen molar-refractivity contribution in [1.82, 2.24) is 0 Å². The Kier molecular flexibility index (Phi) is 1.48. The van der Waals surface area contributed by atoms with Crippen molar-refractivity contribution in [3.8, 4) is 0 Å². The van der Waals surface area contributed by atoms with E-state index in [1.54, 1.807) is 0 Å². The lowest BCUT2D eigenvalue weighted by Crippen LogP contribution is -2.47. The molecule has 1 heteroatoms. The number of hydrogen-bond acceptors (Lipinski definition) is 0. The van der Waals surface area contributed by atoms with E-state index < -0.39 is 0 Å². The van der Waals surface area contributed by atoms with Crippen molar-refractivity contribution in [3.05, 3.63) is 0 Å². The first kappa shape index (κ1) is 6.66. The van der Waals surface area contributed by atoms with Gasteiger partial charge in [-0.25, -0.2) is 0 Å². The zero-order valence-corrected chi connectivity index (χ0v) is 6.97. The maximum Gasteiger partial charge on any atom is 0.0787 e. The van der Waals surface area contributed by atoms with Gasteiger partial charge in [-0.2, -0.15) is 0 Å². The average Bonchev–Trinajstić information content (AvgIpc) is 2.19.